The molecule has 1 aliphatic heterocycles. The van der Waals surface area contributed by atoms with E-state index in [2.05, 4.69) is 19.2 Å². The van der Waals surface area contributed by atoms with Gasteiger partial charge in [-0.05, 0) is 65.2 Å². The minimum atomic E-state index is -0.502. The lowest BCUT2D eigenvalue weighted by atomic mass is 9.81. The molecule has 0 unspecified atom stereocenters. The smallest absolute Gasteiger partial charge is 0.315 e. The Morgan fingerprint density at radius 2 is 2.09 bits per heavy atom. The van der Waals surface area contributed by atoms with Gasteiger partial charge in [0.15, 0.2) is 0 Å². The molecule has 0 saturated carbocycles. The van der Waals surface area contributed by atoms with Gasteiger partial charge in [-0.3, -0.25) is 4.79 Å². The summed E-state index contributed by atoms with van der Waals surface area (Å²) in [7, 11) is 0. The Kier molecular flexibility index (Phi) is 5.42. The zero-order chi connectivity index (χ0) is 17.3. The van der Waals surface area contributed by atoms with Crippen LogP contribution in [0.3, 0.4) is 0 Å². The molecule has 1 N–H and O–H groups in total. The Bertz CT molecular complexity index is 563. The molecule has 0 aromatic heterocycles. The average molecular weight is 338 g/mol. The van der Waals surface area contributed by atoms with Gasteiger partial charge in [0.1, 0.15) is 5.60 Å². The molecule has 1 aromatic rings. The van der Waals surface area contributed by atoms with E-state index in [9.17, 15) is 4.79 Å². The molecule has 1 aliphatic rings. The molecule has 0 bridgehead atoms. The van der Waals surface area contributed by atoms with Crippen LogP contribution in [-0.4, -0.2) is 23.2 Å². The quantitative estimate of drug-likeness (QED) is 0.813. The van der Waals surface area contributed by atoms with Crippen molar-refractivity contribution >= 4 is 17.6 Å². The van der Waals surface area contributed by atoms with Crippen molar-refractivity contribution in [3.8, 4) is 0 Å². The number of rotatable bonds is 3. The number of hydrogen-bond acceptors (Lipinski definition) is 3. The number of carbonyl (C=O) groups excluding carboxylic acids is 1. The third-order valence-corrected chi connectivity index (χ3v) is 4.40. The standard InChI is InChI=1S/C19H28ClNO2/c1-18(2,3)23-17(22)16(13-8-6-9-14(20)12-13)15-10-7-11-19(4,5)21-15/h6,8-9,12,15-16,21H,7,10-11H2,1-5H3/t15-,16-/m1/s1. The predicted molar refractivity (Wildman–Crippen MR) is 94.9 cm³/mol. The average Bonchev–Trinajstić information content (AvgIpc) is 2.35. The predicted octanol–water partition coefficient (Wildman–Crippen LogP) is 4.69. The van der Waals surface area contributed by atoms with E-state index >= 15 is 0 Å². The number of nitrogens with one attached hydrogen (secondary N) is 1. The fourth-order valence-corrected chi connectivity index (χ4v) is 3.46. The lowest BCUT2D eigenvalue weighted by Crippen LogP contribution is -2.53. The Morgan fingerprint density at radius 1 is 1.39 bits per heavy atom. The van der Waals surface area contributed by atoms with Crippen molar-refractivity contribution in [2.75, 3.05) is 0 Å². The van der Waals surface area contributed by atoms with Crippen molar-refractivity contribution in [2.24, 2.45) is 0 Å². The second-order valence-corrected chi connectivity index (χ2v) is 8.53. The highest BCUT2D eigenvalue weighted by molar-refractivity contribution is 6.30. The highest BCUT2D eigenvalue weighted by atomic mass is 35.5. The molecule has 0 radical (unpaired) electrons. The molecule has 2 rings (SSSR count). The van der Waals surface area contributed by atoms with E-state index in [1.54, 1.807) is 0 Å². The van der Waals surface area contributed by atoms with Crippen molar-refractivity contribution in [3.05, 3.63) is 34.9 Å². The van der Waals surface area contributed by atoms with Crippen LogP contribution < -0.4 is 5.32 Å². The summed E-state index contributed by atoms with van der Waals surface area (Å²) in [6, 6.07) is 7.62. The van der Waals surface area contributed by atoms with E-state index in [1.807, 2.05) is 45.0 Å². The minimum Gasteiger partial charge on any atom is -0.459 e. The molecule has 23 heavy (non-hydrogen) atoms. The minimum absolute atomic E-state index is 0.0295. The van der Waals surface area contributed by atoms with Crippen molar-refractivity contribution in [2.45, 2.75) is 77.0 Å². The van der Waals surface area contributed by atoms with Gasteiger partial charge < -0.3 is 10.1 Å². The van der Waals surface area contributed by atoms with Crippen molar-refractivity contribution in [1.29, 1.82) is 0 Å². The van der Waals surface area contributed by atoms with Crippen LogP contribution in [0.5, 0.6) is 0 Å². The van der Waals surface area contributed by atoms with Crippen LogP contribution in [0.1, 0.15) is 65.4 Å². The monoisotopic (exact) mass is 337 g/mol. The Hall–Kier alpha value is -1.06. The van der Waals surface area contributed by atoms with Gasteiger partial charge in [-0.1, -0.05) is 30.2 Å². The number of ether oxygens (including phenoxy) is 1. The van der Waals surface area contributed by atoms with Gasteiger partial charge >= 0.3 is 5.97 Å². The summed E-state index contributed by atoms with van der Waals surface area (Å²) in [6.45, 7) is 10.1. The molecule has 3 nitrogen and oxygen atoms in total. The molecular formula is C19H28ClNO2. The fourth-order valence-electron chi connectivity index (χ4n) is 3.26. The van der Waals surface area contributed by atoms with Gasteiger partial charge in [0, 0.05) is 16.6 Å². The first-order chi connectivity index (χ1) is 10.6. The van der Waals surface area contributed by atoms with Gasteiger partial charge in [0.25, 0.3) is 0 Å². The maximum Gasteiger partial charge on any atom is 0.315 e. The summed E-state index contributed by atoms with van der Waals surface area (Å²) < 4.78 is 5.69. The van der Waals surface area contributed by atoms with E-state index in [1.165, 1.54) is 0 Å². The van der Waals surface area contributed by atoms with Crippen molar-refractivity contribution in [1.82, 2.24) is 5.32 Å². The molecule has 1 heterocycles. The zero-order valence-electron chi connectivity index (χ0n) is 14.8. The normalized spacial score (nSPS) is 22.4. The molecule has 0 amide bonds. The molecule has 2 atom stereocenters. The summed E-state index contributed by atoms with van der Waals surface area (Å²) in [4.78, 5) is 12.9. The fraction of sp³-hybridized carbons (Fsp3) is 0.632. The number of benzene rings is 1. The second-order valence-electron chi connectivity index (χ2n) is 8.09. The number of hydrogen-bond donors (Lipinski definition) is 1. The van der Waals surface area contributed by atoms with Crippen LogP contribution >= 0.6 is 11.6 Å². The molecule has 1 fully saturated rings. The van der Waals surface area contributed by atoms with E-state index in [0.717, 1.165) is 24.8 Å². The van der Waals surface area contributed by atoms with E-state index < -0.39 is 5.60 Å². The van der Waals surface area contributed by atoms with Crippen LogP contribution in [0, 0.1) is 0 Å². The van der Waals surface area contributed by atoms with E-state index in [0.29, 0.717) is 5.02 Å². The summed E-state index contributed by atoms with van der Waals surface area (Å²) in [5, 5.41) is 4.28. The third-order valence-electron chi connectivity index (χ3n) is 4.16. The number of esters is 1. The van der Waals surface area contributed by atoms with Crippen LogP contribution in [0.4, 0.5) is 0 Å². The molecule has 1 saturated heterocycles. The van der Waals surface area contributed by atoms with Crippen LogP contribution in [-0.2, 0) is 9.53 Å². The third kappa shape index (κ3) is 5.22. The summed E-state index contributed by atoms with van der Waals surface area (Å²) >= 11 is 6.15. The number of carbonyl (C=O) groups is 1. The Morgan fingerprint density at radius 3 is 2.65 bits per heavy atom. The topological polar surface area (TPSA) is 38.3 Å². The second kappa shape index (κ2) is 6.82. The van der Waals surface area contributed by atoms with Crippen LogP contribution in [0.2, 0.25) is 5.02 Å². The van der Waals surface area contributed by atoms with Gasteiger partial charge in [-0.2, -0.15) is 0 Å². The number of piperidine rings is 1. The van der Waals surface area contributed by atoms with Crippen LogP contribution in [0.25, 0.3) is 0 Å². The maximum atomic E-state index is 12.9. The van der Waals surface area contributed by atoms with Gasteiger partial charge in [-0.25, -0.2) is 0 Å². The van der Waals surface area contributed by atoms with E-state index in [4.69, 9.17) is 16.3 Å². The highest BCUT2D eigenvalue weighted by Gasteiger charge is 2.38. The van der Waals surface area contributed by atoms with Crippen molar-refractivity contribution < 1.29 is 9.53 Å². The first-order valence-corrected chi connectivity index (χ1v) is 8.71. The molecular weight excluding hydrogens is 310 g/mol. The van der Waals surface area contributed by atoms with Crippen LogP contribution in [0.15, 0.2) is 24.3 Å². The molecule has 4 heteroatoms. The van der Waals surface area contributed by atoms with Gasteiger partial charge in [0.2, 0.25) is 0 Å². The lowest BCUT2D eigenvalue weighted by Gasteiger charge is -2.40. The SMILES string of the molecule is CC1(C)CCC[C@H]([C@H](C(=O)OC(C)(C)C)c2cccc(Cl)c2)N1. The lowest BCUT2D eigenvalue weighted by molar-refractivity contribution is -0.158. The largest absolute Gasteiger partial charge is 0.459 e. The number of halogens is 1. The Labute approximate surface area is 144 Å². The first kappa shape index (κ1) is 18.3. The zero-order valence-corrected chi connectivity index (χ0v) is 15.5. The summed E-state index contributed by atoms with van der Waals surface area (Å²) in [5.74, 6) is -0.525. The van der Waals surface area contributed by atoms with Gasteiger partial charge in [0.05, 0.1) is 5.92 Å². The summed E-state index contributed by atoms with van der Waals surface area (Å²) in [6.07, 6.45) is 3.17. The molecule has 0 spiro atoms. The Balaban J connectivity index is 2.33. The van der Waals surface area contributed by atoms with Gasteiger partial charge in [-0.15, -0.1) is 0 Å². The highest BCUT2D eigenvalue weighted by Crippen LogP contribution is 2.33. The molecule has 128 valence electrons. The summed E-state index contributed by atoms with van der Waals surface area (Å²) in [5.41, 5.74) is 0.446. The van der Waals surface area contributed by atoms with Crippen molar-refractivity contribution in [3.63, 3.8) is 0 Å². The molecule has 0 aliphatic carbocycles. The maximum absolute atomic E-state index is 12.9. The molecule has 1 aromatic carbocycles. The first-order valence-electron chi connectivity index (χ1n) is 8.33. The van der Waals surface area contributed by atoms with E-state index in [-0.39, 0.29) is 23.5 Å².